The first-order valence-electron chi connectivity index (χ1n) is 8.60. The first kappa shape index (κ1) is 19.4. The highest BCUT2D eigenvalue weighted by atomic mass is 79.9. The second-order valence-electron chi connectivity index (χ2n) is 6.09. The van der Waals surface area contributed by atoms with Gasteiger partial charge in [-0.3, -0.25) is 0 Å². The molecule has 7 heteroatoms. The van der Waals surface area contributed by atoms with Crippen molar-refractivity contribution in [2.45, 2.75) is 39.8 Å². The number of hydrogen-bond acceptors (Lipinski definition) is 3. The molecule has 0 aliphatic heterocycles. The smallest absolute Gasteiger partial charge is 0.194 e. The molecule has 0 amide bonds. The van der Waals surface area contributed by atoms with E-state index in [0.717, 1.165) is 48.0 Å². The van der Waals surface area contributed by atoms with Gasteiger partial charge in [-0.25, -0.2) is 4.99 Å². The summed E-state index contributed by atoms with van der Waals surface area (Å²) < 4.78 is 3.08. The third-order valence-electron chi connectivity index (χ3n) is 4.09. The summed E-state index contributed by atoms with van der Waals surface area (Å²) in [5.74, 6) is 2.64. The first-order valence-corrected chi connectivity index (χ1v) is 9.40. The average Bonchev–Trinajstić information content (AvgIpc) is 2.92. The van der Waals surface area contributed by atoms with E-state index in [1.54, 1.807) is 0 Å². The Morgan fingerprint density at radius 1 is 1.32 bits per heavy atom. The van der Waals surface area contributed by atoms with Gasteiger partial charge in [-0.15, -0.1) is 10.2 Å². The van der Waals surface area contributed by atoms with E-state index in [9.17, 15) is 0 Å². The number of aryl methyl sites for hydroxylation is 1. The van der Waals surface area contributed by atoms with Crippen LogP contribution in [0.25, 0.3) is 0 Å². The Hall–Kier alpha value is -1.89. The molecule has 0 radical (unpaired) electrons. The highest BCUT2D eigenvalue weighted by Crippen LogP contribution is 2.17. The van der Waals surface area contributed by atoms with E-state index in [-0.39, 0.29) is 0 Å². The molecule has 2 aromatic rings. The molecule has 25 heavy (non-hydrogen) atoms. The number of nitrogens with one attached hydrogen (secondary N) is 1. The van der Waals surface area contributed by atoms with Gasteiger partial charge in [0.25, 0.3) is 0 Å². The molecule has 1 aromatic carbocycles. The number of aromatic nitrogens is 3. The van der Waals surface area contributed by atoms with Crippen molar-refractivity contribution in [1.29, 1.82) is 0 Å². The van der Waals surface area contributed by atoms with Gasteiger partial charge in [0.1, 0.15) is 12.4 Å². The third-order valence-corrected chi connectivity index (χ3v) is 4.87. The molecule has 0 saturated carbocycles. The second-order valence-corrected chi connectivity index (χ2v) is 6.94. The largest absolute Gasteiger partial charge is 0.356 e. The summed E-state index contributed by atoms with van der Waals surface area (Å²) in [4.78, 5) is 6.90. The molecule has 1 heterocycles. The predicted molar refractivity (Wildman–Crippen MR) is 105 cm³/mol. The lowest BCUT2D eigenvalue weighted by Crippen LogP contribution is -2.39. The van der Waals surface area contributed by atoms with Gasteiger partial charge in [0.05, 0.1) is 0 Å². The van der Waals surface area contributed by atoms with E-state index in [1.807, 2.05) is 24.6 Å². The molecule has 0 spiro atoms. The number of aliphatic imine (C=N–C) groups is 1. The molecule has 0 unspecified atom stereocenters. The molecule has 1 N–H and O–H groups in total. The van der Waals surface area contributed by atoms with Crippen molar-refractivity contribution < 1.29 is 0 Å². The molecule has 0 aliphatic rings. The minimum absolute atomic E-state index is 0.506. The van der Waals surface area contributed by atoms with Gasteiger partial charge in [-0.05, 0) is 25.0 Å². The van der Waals surface area contributed by atoms with Crippen LogP contribution in [-0.2, 0) is 20.1 Å². The molecular formula is C18H27BrN6. The summed E-state index contributed by atoms with van der Waals surface area (Å²) in [7, 11) is 4.02. The van der Waals surface area contributed by atoms with Crippen LogP contribution in [0.3, 0.4) is 0 Å². The summed E-state index contributed by atoms with van der Waals surface area (Å²) in [6, 6.07) is 8.26. The number of hydrogen-bond donors (Lipinski definition) is 1. The number of halogens is 1. The maximum Gasteiger partial charge on any atom is 0.194 e. The zero-order valence-corrected chi connectivity index (χ0v) is 17.0. The Morgan fingerprint density at radius 2 is 2.08 bits per heavy atom. The lowest BCUT2D eigenvalue weighted by Gasteiger charge is -2.23. The van der Waals surface area contributed by atoms with Crippen molar-refractivity contribution in [1.82, 2.24) is 25.0 Å². The standard InChI is InChI=1S/C18H27BrN6/c1-5-6-11-20-18(21-12-17-23-22-14(2)25(17)4)24(3)13-15-9-7-8-10-16(15)19/h7-10H,5-6,11-13H2,1-4H3,(H,20,21). The summed E-state index contributed by atoms with van der Waals surface area (Å²) in [5, 5.41) is 11.8. The van der Waals surface area contributed by atoms with E-state index in [1.165, 1.54) is 5.56 Å². The molecule has 2 rings (SSSR count). The number of guanidine groups is 1. The van der Waals surface area contributed by atoms with Gasteiger partial charge in [0.2, 0.25) is 0 Å². The second kappa shape index (κ2) is 9.56. The number of rotatable bonds is 7. The minimum Gasteiger partial charge on any atom is -0.356 e. The van der Waals surface area contributed by atoms with Gasteiger partial charge in [0, 0.05) is 31.7 Å². The van der Waals surface area contributed by atoms with Crippen molar-refractivity contribution in [2.24, 2.45) is 12.0 Å². The number of unbranched alkanes of at least 4 members (excludes halogenated alkanes) is 1. The Labute approximate surface area is 158 Å². The van der Waals surface area contributed by atoms with E-state index in [4.69, 9.17) is 4.99 Å². The fraction of sp³-hybridized carbons (Fsp3) is 0.500. The van der Waals surface area contributed by atoms with Crippen LogP contribution < -0.4 is 5.32 Å². The van der Waals surface area contributed by atoms with Crippen LogP contribution >= 0.6 is 15.9 Å². The molecule has 0 fully saturated rings. The first-order chi connectivity index (χ1) is 12.0. The van der Waals surface area contributed by atoms with Crippen molar-refractivity contribution in [3.63, 3.8) is 0 Å². The van der Waals surface area contributed by atoms with Gasteiger partial charge < -0.3 is 14.8 Å². The van der Waals surface area contributed by atoms with Gasteiger partial charge >= 0.3 is 0 Å². The molecule has 0 bridgehead atoms. The summed E-state index contributed by atoms with van der Waals surface area (Å²) in [6.45, 7) is 6.32. The summed E-state index contributed by atoms with van der Waals surface area (Å²) in [6.07, 6.45) is 2.27. The van der Waals surface area contributed by atoms with Crippen LogP contribution in [0, 0.1) is 6.92 Å². The van der Waals surface area contributed by atoms with Crippen LogP contribution in [0.2, 0.25) is 0 Å². The van der Waals surface area contributed by atoms with Crippen LogP contribution in [-0.4, -0.2) is 39.2 Å². The van der Waals surface area contributed by atoms with E-state index < -0.39 is 0 Å². The van der Waals surface area contributed by atoms with Crippen molar-refractivity contribution in [3.8, 4) is 0 Å². The molecular weight excluding hydrogens is 380 g/mol. The predicted octanol–water partition coefficient (Wildman–Crippen LogP) is 3.26. The Balaban J connectivity index is 2.11. The average molecular weight is 407 g/mol. The van der Waals surface area contributed by atoms with E-state index >= 15 is 0 Å². The lowest BCUT2D eigenvalue weighted by atomic mass is 10.2. The summed E-state index contributed by atoms with van der Waals surface area (Å²) in [5.41, 5.74) is 1.23. The maximum atomic E-state index is 4.76. The Kier molecular flexibility index (Phi) is 7.43. The Bertz CT molecular complexity index is 709. The minimum atomic E-state index is 0.506. The molecule has 6 nitrogen and oxygen atoms in total. The monoisotopic (exact) mass is 406 g/mol. The lowest BCUT2D eigenvalue weighted by molar-refractivity contribution is 0.471. The number of benzene rings is 1. The van der Waals surface area contributed by atoms with Crippen molar-refractivity contribution in [3.05, 3.63) is 46.0 Å². The zero-order chi connectivity index (χ0) is 18.2. The van der Waals surface area contributed by atoms with Gasteiger partial charge in [-0.2, -0.15) is 0 Å². The maximum absolute atomic E-state index is 4.76. The van der Waals surface area contributed by atoms with E-state index in [0.29, 0.717) is 6.54 Å². The quantitative estimate of drug-likeness (QED) is 0.435. The topological polar surface area (TPSA) is 58.3 Å². The van der Waals surface area contributed by atoms with Crippen LogP contribution in [0.4, 0.5) is 0 Å². The molecule has 0 saturated heterocycles. The van der Waals surface area contributed by atoms with Crippen LogP contribution in [0.15, 0.2) is 33.7 Å². The third kappa shape index (κ3) is 5.56. The van der Waals surface area contributed by atoms with Crippen LogP contribution in [0.5, 0.6) is 0 Å². The Morgan fingerprint density at radius 3 is 2.72 bits per heavy atom. The zero-order valence-electron chi connectivity index (χ0n) is 15.5. The fourth-order valence-electron chi connectivity index (χ4n) is 2.38. The van der Waals surface area contributed by atoms with Crippen molar-refractivity contribution >= 4 is 21.9 Å². The molecule has 0 aliphatic carbocycles. The highest BCUT2D eigenvalue weighted by molar-refractivity contribution is 9.10. The highest BCUT2D eigenvalue weighted by Gasteiger charge is 2.10. The SMILES string of the molecule is CCCCNC(=NCc1nnc(C)n1C)N(C)Cc1ccccc1Br. The van der Waals surface area contributed by atoms with Crippen LogP contribution in [0.1, 0.15) is 37.0 Å². The molecule has 0 atom stereocenters. The van der Waals surface area contributed by atoms with Gasteiger partial charge in [0.15, 0.2) is 11.8 Å². The van der Waals surface area contributed by atoms with E-state index in [2.05, 4.69) is 68.5 Å². The molecule has 136 valence electrons. The number of nitrogens with zero attached hydrogens (tertiary/aromatic N) is 5. The molecule has 1 aromatic heterocycles. The van der Waals surface area contributed by atoms with Gasteiger partial charge in [-0.1, -0.05) is 47.5 Å². The fourth-order valence-corrected chi connectivity index (χ4v) is 2.79. The summed E-state index contributed by atoms with van der Waals surface area (Å²) >= 11 is 3.62. The normalized spacial score (nSPS) is 11.6. The van der Waals surface area contributed by atoms with Crippen molar-refractivity contribution in [2.75, 3.05) is 13.6 Å².